The smallest absolute Gasteiger partial charge is 0.267 e. The van der Waals surface area contributed by atoms with Gasteiger partial charge >= 0.3 is 0 Å². The van der Waals surface area contributed by atoms with E-state index in [0.717, 1.165) is 0 Å². The number of benzene rings is 1. The molecule has 1 saturated heterocycles. The molecule has 2 amide bonds. The van der Waals surface area contributed by atoms with Gasteiger partial charge in [-0.1, -0.05) is 18.2 Å². The van der Waals surface area contributed by atoms with Crippen molar-refractivity contribution in [2.24, 2.45) is 5.10 Å². The highest BCUT2D eigenvalue weighted by molar-refractivity contribution is 7.91. The van der Waals surface area contributed by atoms with Crippen molar-refractivity contribution >= 4 is 33.1 Å². The Morgan fingerprint density at radius 1 is 1.22 bits per heavy atom. The van der Waals surface area contributed by atoms with E-state index < -0.39 is 15.7 Å². The Labute approximate surface area is 134 Å². The van der Waals surface area contributed by atoms with Crippen LogP contribution in [0.4, 0.5) is 5.69 Å². The molecule has 0 radical (unpaired) electrons. The van der Waals surface area contributed by atoms with Crippen molar-refractivity contribution in [2.75, 3.05) is 16.5 Å². The van der Waals surface area contributed by atoms with Crippen molar-refractivity contribution < 1.29 is 18.0 Å². The minimum absolute atomic E-state index is 0.0344. The molecule has 1 fully saturated rings. The van der Waals surface area contributed by atoms with Crippen LogP contribution >= 0.6 is 0 Å². The maximum atomic E-state index is 12.3. The van der Waals surface area contributed by atoms with E-state index in [-0.39, 0.29) is 42.0 Å². The van der Waals surface area contributed by atoms with Gasteiger partial charge in [-0.05, 0) is 18.6 Å². The molecule has 0 bridgehead atoms. The van der Waals surface area contributed by atoms with Crippen LogP contribution in [-0.2, 0) is 19.4 Å². The highest BCUT2D eigenvalue weighted by Gasteiger charge is 2.31. The number of hydrogen-bond donors (Lipinski definition) is 1. The lowest BCUT2D eigenvalue weighted by atomic mass is 10.1. The van der Waals surface area contributed by atoms with Gasteiger partial charge in [-0.3, -0.25) is 9.59 Å². The molecule has 122 valence electrons. The lowest BCUT2D eigenvalue weighted by molar-refractivity contribution is -0.119. The molecule has 0 aliphatic carbocycles. The van der Waals surface area contributed by atoms with Crippen molar-refractivity contribution in [3.8, 4) is 0 Å². The van der Waals surface area contributed by atoms with Crippen LogP contribution in [0.1, 0.15) is 19.3 Å². The molecule has 23 heavy (non-hydrogen) atoms. The van der Waals surface area contributed by atoms with Gasteiger partial charge in [0, 0.05) is 18.9 Å². The Kier molecular flexibility index (Phi) is 4.16. The van der Waals surface area contributed by atoms with Gasteiger partial charge in [0.15, 0.2) is 9.84 Å². The minimum atomic E-state index is -3.05. The highest BCUT2D eigenvalue weighted by Crippen LogP contribution is 2.20. The maximum Gasteiger partial charge on any atom is 0.267 e. The zero-order valence-corrected chi connectivity index (χ0v) is 13.3. The summed E-state index contributed by atoms with van der Waals surface area (Å²) in [6.07, 6.45) is 0.875. The molecule has 1 N–H and O–H groups in total. The molecule has 3 rings (SSSR count). The second-order valence-corrected chi connectivity index (χ2v) is 7.89. The molecule has 2 aliphatic heterocycles. The number of carbonyl (C=O) groups excluding carboxylic acids is 2. The van der Waals surface area contributed by atoms with E-state index in [1.165, 1.54) is 5.01 Å². The molecular weight excluding hydrogens is 318 g/mol. The zero-order chi connectivity index (χ0) is 16.4. The number of para-hydroxylation sites is 1. The number of amides is 2. The summed E-state index contributed by atoms with van der Waals surface area (Å²) in [7, 11) is -3.05. The van der Waals surface area contributed by atoms with E-state index in [0.29, 0.717) is 12.1 Å². The SMILES string of the molecule is O=C(N[C@@H]1CCS(=O)(=O)C1)C1=NN(c2ccccc2)C(=O)CC1. The van der Waals surface area contributed by atoms with Gasteiger partial charge in [-0.15, -0.1) is 0 Å². The fourth-order valence-corrected chi connectivity index (χ4v) is 4.34. The Hall–Kier alpha value is -2.22. The van der Waals surface area contributed by atoms with Gasteiger partial charge in [0.25, 0.3) is 5.91 Å². The van der Waals surface area contributed by atoms with E-state index in [1.807, 2.05) is 6.07 Å². The van der Waals surface area contributed by atoms with Crippen LogP contribution in [0.3, 0.4) is 0 Å². The van der Waals surface area contributed by atoms with Gasteiger partial charge in [-0.2, -0.15) is 5.10 Å². The van der Waals surface area contributed by atoms with Crippen molar-refractivity contribution in [1.29, 1.82) is 0 Å². The molecular formula is C15H17N3O4S. The van der Waals surface area contributed by atoms with E-state index in [4.69, 9.17) is 0 Å². The summed E-state index contributed by atoms with van der Waals surface area (Å²) in [5, 5.41) is 8.08. The number of nitrogens with one attached hydrogen (secondary N) is 1. The first-order valence-electron chi connectivity index (χ1n) is 7.41. The molecule has 8 heteroatoms. The van der Waals surface area contributed by atoms with Crippen LogP contribution in [0.15, 0.2) is 35.4 Å². The number of hydrogen-bond acceptors (Lipinski definition) is 5. The van der Waals surface area contributed by atoms with Crippen LogP contribution in [0, 0.1) is 0 Å². The largest absolute Gasteiger partial charge is 0.347 e. The fraction of sp³-hybridized carbons (Fsp3) is 0.400. The summed E-state index contributed by atoms with van der Waals surface area (Å²) >= 11 is 0. The zero-order valence-electron chi connectivity index (χ0n) is 12.4. The lowest BCUT2D eigenvalue weighted by Gasteiger charge is -2.23. The van der Waals surface area contributed by atoms with E-state index in [9.17, 15) is 18.0 Å². The molecule has 0 unspecified atom stereocenters. The number of carbonyl (C=O) groups is 2. The molecule has 1 atom stereocenters. The third-order valence-electron chi connectivity index (χ3n) is 3.86. The third kappa shape index (κ3) is 3.58. The predicted octanol–water partition coefficient (Wildman–Crippen LogP) is 0.473. The molecule has 1 aromatic rings. The van der Waals surface area contributed by atoms with Crippen LogP contribution in [-0.4, -0.2) is 43.5 Å². The Morgan fingerprint density at radius 3 is 2.61 bits per heavy atom. The number of sulfone groups is 1. The van der Waals surface area contributed by atoms with E-state index >= 15 is 0 Å². The summed E-state index contributed by atoms with van der Waals surface area (Å²) in [4.78, 5) is 24.3. The predicted molar refractivity (Wildman–Crippen MR) is 85.8 cm³/mol. The monoisotopic (exact) mass is 335 g/mol. The van der Waals surface area contributed by atoms with Gasteiger partial charge in [0.1, 0.15) is 5.71 Å². The van der Waals surface area contributed by atoms with Crippen molar-refractivity contribution in [1.82, 2.24) is 5.32 Å². The number of anilines is 1. The molecule has 1 aromatic carbocycles. The minimum Gasteiger partial charge on any atom is -0.347 e. The number of rotatable bonds is 3. The van der Waals surface area contributed by atoms with Crippen molar-refractivity contribution in [3.05, 3.63) is 30.3 Å². The van der Waals surface area contributed by atoms with Gasteiger partial charge in [0.2, 0.25) is 5.91 Å². The van der Waals surface area contributed by atoms with Gasteiger partial charge < -0.3 is 5.32 Å². The summed E-state index contributed by atoms with van der Waals surface area (Å²) in [6, 6.07) is 8.51. The second-order valence-electron chi connectivity index (χ2n) is 5.66. The normalized spacial score (nSPS) is 23.5. The summed E-state index contributed by atoms with van der Waals surface area (Å²) < 4.78 is 22.9. The molecule has 0 spiro atoms. The van der Waals surface area contributed by atoms with Crippen LogP contribution in [0.25, 0.3) is 0 Å². The molecule has 2 heterocycles. The van der Waals surface area contributed by atoms with Crippen LogP contribution in [0.5, 0.6) is 0 Å². The van der Waals surface area contributed by atoms with Crippen molar-refractivity contribution in [2.45, 2.75) is 25.3 Å². The van der Waals surface area contributed by atoms with Crippen LogP contribution in [0.2, 0.25) is 0 Å². The first kappa shape index (κ1) is 15.7. The van der Waals surface area contributed by atoms with E-state index in [1.54, 1.807) is 24.3 Å². The summed E-state index contributed by atoms with van der Waals surface area (Å²) in [5.41, 5.74) is 0.851. The maximum absolute atomic E-state index is 12.3. The quantitative estimate of drug-likeness (QED) is 0.868. The highest BCUT2D eigenvalue weighted by atomic mass is 32.2. The lowest BCUT2D eigenvalue weighted by Crippen LogP contribution is -2.43. The average Bonchev–Trinajstić information content (AvgIpc) is 2.87. The molecule has 0 saturated carbocycles. The third-order valence-corrected chi connectivity index (χ3v) is 5.63. The first-order chi connectivity index (χ1) is 10.9. The fourth-order valence-electron chi connectivity index (χ4n) is 2.67. The summed E-state index contributed by atoms with van der Waals surface area (Å²) in [6.45, 7) is 0. The van der Waals surface area contributed by atoms with Crippen molar-refractivity contribution in [3.63, 3.8) is 0 Å². The second kappa shape index (κ2) is 6.11. The number of nitrogens with zero attached hydrogens (tertiary/aromatic N) is 2. The Morgan fingerprint density at radius 2 is 1.96 bits per heavy atom. The van der Waals surface area contributed by atoms with Crippen LogP contribution < -0.4 is 10.3 Å². The van der Waals surface area contributed by atoms with Gasteiger partial charge in [-0.25, -0.2) is 13.4 Å². The number of hydrazone groups is 1. The Balaban J connectivity index is 1.74. The topological polar surface area (TPSA) is 95.9 Å². The van der Waals surface area contributed by atoms with E-state index in [2.05, 4.69) is 10.4 Å². The Bertz CT molecular complexity index is 758. The van der Waals surface area contributed by atoms with Gasteiger partial charge in [0.05, 0.1) is 17.2 Å². The first-order valence-corrected chi connectivity index (χ1v) is 9.23. The average molecular weight is 335 g/mol. The molecule has 0 aromatic heterocycles. The molecule has 7 nitrogen and oxygen atoms in total. The molecule has 2 aliphatic rings. The summed E-state index contributed by atoms with van der Waals surface area (Å²) in [5.74, 6) is -0.511. The standard InChI is InChI=1S/C15H17N3O4S/c19-14-7-6-13(17-18(14)12-4-2-1-3-5-12)15(20)16-11-8-9-23(21,22)10-11/h1-5,11H,6-10H2,(H,16,20)/t11-/m1/s1.